The Hall–Kier alpha value is -1.92. The number of methoxy groups -OCH3 is 2. The molecule has 0 fully saturated rings. The van der Waals surface area contributed by atoms with Crippen molar-refractivity contribution in [2.45, 2.75) is 5.03 Å². The third kappa shape index (κ3) is 3.84. The number of pyridine rings is 1. The Kier molecular flexibility index (Phi) is 5.51. The molecular weight excluding hydrogens is 324 g/mol. The molecule has 0 saturated carbocycles. The molecule has 0 aliphatic heterocycles. The first kappa shape index (κ1) is 16.5. The summed E-state index contributed by atoms with van der Waals surface area (Å²) in [5, 5.41) is 3.73. The number of carbonyl (C=O) groups is 1. The van der Waals surface area contributed by atoms with Crippen molar-refractivity contribution in [3.8, 4) is 11.5 Å². The molecule has 1 amide bonds. The molecule has 0 spiro atoms. The van der Waals surface area contributed by atoms with E-state index in [1.165, 1.54) is 11.8 Å². The predicted molar refractivity (Wildman–Crippen MR) is 88.5 cm³/mol. The number of carbonyl (C=O) groups excluding carboxylic acids is 1. The number of hydrogen-bond donors (Lipinski definition) is 1. The average molecular weight is 339 g/mol. The number of aromatic nitrogens is 1. The lowest BCUT2D eigenvalue weighted by molar-refractivity contribution is 0.102. The number of rotatable bonds is 5. The SMILES string of the molecule is COc1cc(NC(=O)c2ccc(Cl)nc2SC)cc(OC)c1. The molecule has 1 heterocycles. The monoisotopic (exact) mass is 338 g/mol. The molecule has 1 aromatic heterocycles. The summed E-state index contributed by atoms with van der Waals surface area (Å²) < 4.78 is 10.4. The number of thioether (sulfide) groups is 1. The Balaban J connectivity index is 2.29. The summed E-state index contributed by atoms with van der Waals surface area (Å²) in [5.74, 6) is 0.909. The van der Waals surface area contributed by atoms with Crippen LogP contribution < -0.4 is 14.8 Å². The molecule has 2 aromatic rings. The van der Waals surface area contributed by atoms with Crippen molar-refractivity contribution in [2.24, 2.45) is 0 Å². The van der Waals surface area contributed by atoms with Gasteiger partial charge in [-0.15, -0.1) is 11.8 Å². The molecule has 2 rings (SSSR count). The number of amides is 1. The van der Waals surface area contributed by atoms with Gasteiger partial charge in [0.05, 0.1) is 19.8 Å². The number of nitrogens with zero attached hydrogens (tertiary/aromatic N) is 1. The summed E-state index contributed by atoms with van der Waals surface area (Å²) in [5.41, 5.74) is 1.03. The fourth-order valence-corrected chi connectivity index (χ4v) is 2.59. The van der Waals surface area contributed by atoms with Crippen LogP contribution in [0.2, 0.25) is 5.15 Å². The lowest BCUT2D eigenvalue weighted by Crippen LogP contribution is -2.13. The first-order valence-corrected chi connectivity index (χ1v) is 7.92. The maximum absolute atomic E-state index is 12.4. The number of halogens is 1. The Labute approximate surface area is 138 Å². The van der Waals surface area contributed by atoms with Crippen molar-refractivity contribution in [3.63, 3.8) is 0 Å². The highest BCUT2D eigenvalue weighted by atomic mass is 35.5. The fourth-order valence-electron chi connectivity index (χ4n) is 1.82. The average Bonchev–Trinajstić information content (AvgIpc) is 2.53. The zero-order chi connectivity index (χ0) is 16.1. The van der Waals surface area contributed by atoms with E-state index in [-0.39, 0.29) is 5.91 Å². The summed E-state index contributed by atoms with van der Waals surface area (Å²) in [7, 11) is 3.10. The minimum atomic E-state index is -0.274. The first-order valence-electron chi connectivity index (χ1n) is 6.32. The third-order valence-electron chi connectivity index (χ3n) is 2.87. The Bertz CT molecular complexity index is 672. The number of benzene rings is 1. The van der Waals surface area contributed by atoms with Crippen LogP contribution in [-0.2, 0) is 0 Å². The molecule has 116 valence electrons. The van der Waals surface area contributed by atoms with Gasteiger partial charge in [-0.25, -0.2) is 4.98 Å². The Morgan fingerprint density at radius 2 is 1.82 bits per heavy atom. The second-order valence-electron chi connectivity index (χ2n) is 4.25. The van der Waals surface area contributed by atoms with Crippen LogP contribution in [0.4, 0.5) is 5.69 Å². The molecule has 0 unspecified atom stereocenters. The topological polar surface area (TPSA) is 60.5 Å². The van der Waals surface area contributed by atoms with E-state index in [1.54, 1.807) is 44.6 Å². The molecule has 0 saturated heterocycles. The van der Waals surface area contributed by atoms with Crippen LogP contribution in [0, 0.1) is 0 Å². The molecule has 0 radical (unpaired) electrons. The maximum atomic E-state index is 12.4. The lowest BCUT2D eigenvalue weighted by Gasteiger charge is -2.11. The van der Waals surface area contributed by atoms with Gasteiger partial charge in [-0.2, -0.15) is 0 Å². The minimum Gasteiger partial charge on any atom is -0.497 e. The molecule has 0 aliphatic rings. The van der Waals surface area contributed by atoms with Gasteiger partial charge in [-0.3, -0.25) is 4.79 Å². The van der Waals surface area contributed by atoms with Gasteiger partial charge in [0.15, 0.2) is 0 Å². The third-order valence-corrected chi connectivity index (χ3v) is 3.78. The van der Waals surface area contributed by atoms with Gasteiger partial charge < -0.3 is 14.8 Å². The second kappa shape index (κ2) is 7.38. The van der Waals surface area contributed by atoms with Crippen molar-refractivity contribution < 1.29 is 14.3 Å². The number of nitrogens with one attached hydrogen (secondary N) is 1. The van der Waals surface area contributed by atoms with Gasteiger partial charge in [0.2, 0.25) is 0 Å². The van der Waals surface area contributed by atoms with Crippen molar-refractivity contribution in [1.29, 1.82) is 0 Å². The van der Waals surface area contributed by atoms with Gasteiger partial charge in [-0.05, 0) is 18.4 Å². The number of hydrogen-bond acceptors (Lipinski definition) is 5. The smallest absolute Gasteiger partial charge is 0.258 e. The largest absolute Gasteiger partial charge is 0.497 e. The van der Waals surface area contributed by atoms with Crippen LogP contribution in [0.5, 0.6) is 11.5 Å². The van der Waals surface area contributed by atoms with Gasteiger partial charge in [-0.1, -0.05) is 11.6 Å². The van der Waals surface area contributed by atoms with Crippen LogP contribution >= 0.6 is 23.4 Å². The molecule has 7 heteroatoms. The van der Waals surface area contributed by atoms with E-state index in [4.69, 9.17) is 21.1 Å². The number of ether oxygens (including phenoxy) is 2. The molecule has 0 atom stereocenters. The van der Waals surface area contributed by atoms with Crippen molar-refractivity contribution in [3.05, 3.63) is 41.0 Å². The standard InChI is InChI=1S/C15H15ClN2O3S/c1-20-10-6-9(7-11(8-10)21-2)17-14(19)12-4-5-13(16)18-15(12)22-3/h4-8H,1-3H3,(H,17,19). The van der Waals surface area contributed by atoms with Crippen molar-refractivity contribution in [1.82, 2.24) is 4.98 Å². The highest BCUT2D eigenvalue weighted by Gasteiger charge is 2.14. The summed E-state index contributed by atoms with van der Waals surface area (Å²) in [6, 6.07) is 8.38. The quantitative estimate of drug-likeness (QED) is 0.665. The van der Waals surface area contributed by atoms with Crippen molar-refractivity contribution >= 4 is 35.0 Å². The second-order valence-corrected chi connectivity index (χ2v) is 5.43. The highest BCUT2D eigenvalue weighted by Crippen LogP contribution is 2.27. The zero-order valence-corrected chi connectivity index (χ0v) is 13.9. The Morgan fingerprint density at radius 1 is 1.18 bits per heavy atom. The van der Waals surface area contributed by atoms with Gasteiger partial charge in [0.25, 0.3) is 5.91 Å². The fraction of sp³-hybridized carbons (Fsp3) is 0.200. The lowest BCUT2D eigenvalue weighted by atomic mass is 10.2. The van der Waals surface area contributed by atoms with Crippen LogP contribution in [0.25, 0.3) is 0 Å². The summed E-state index contributed by atoms with van der Waals surface area (Å²) >= 11 is 7.21. The molecule has 0 bridgehead atoms. The normalized spacial score (nSPS) is 10.2. The van der Waals surface area contributed by atoms with Crippen LogP contribution in [-0.4, -0.2) is 31.4 Å². The van der Waals surface area contributed by atoms with E-state index in [0.717, 1.165) is 0 Å². The predicted octanol–water partition coefficient (Wildman–Crippen LogP) is 3.73. The minimum absolute atomic E-state index is 0.274. The molecule has 22 heavy (non-hydrogen) atoms. The van der Waals surface area contributed by atoms with Crippen LogP contribution in [0.3, 0.4) is 0 Å². The number of anilines is 1. The van der Waals surface area contributed by atoms with E-state index in [0.29, 0.717) is 32.9 Å². The molecule has 0 aliphatic carbocycles. The van der Waals surface area contributed by atoms with E-state index < -0.39 is 0 Å². The first-order chi connectivity index (χ1) is 10.6. The van der Waals surface area contributed by atoms with Crippen LogP contribution in [0.15, 0.2) is 35.4 Å². The molecule has 5 nitrogen and oxygen atoms in total. The van der Waals surface area contributed by atoms with E-state index >= 15 is 0 Å². The summed E-state index contributed by atoms with van der Waals surface area (Å²) in [6.45, 7) is 0. The highest BCUT2D eigenvalue weighted by molar-refractivity contribution is 7.98. The van der Waals surface area contributed by atoms with Gasteiger partial charge in [0, 0.05) is 23.9 Å². The molecule has 1 aromatic carbocycles. The van der Waals surface area contributed by atoms with E-state index in [2.05, 4.69) is 10.3 Å². The van der Waals surface area contributed by atoms with Crippen molar-refractivity contribution in [2.75, 3.05) is 25.8 Å². The molecule has 1 N–H and O–H groups in total. The molecular formula is C15H15ClN2O3S. The summed E-state index contributed by atoms with van der Waals surface area (Å²) in [4.78, 5) is 16.6. The zero-order valence-electron chi connectivity index (χ0n) is 12.3. The Morgan fingerprint density at radius 3 is 2.36 bits per heavy atom. The van der Waals surface area contributed by atoms with E-state index in [9.17, 15) is 4.79 Å². The van der Waals surface area contributed by atoms with E-state index in [1.807, 2.05) is 6.26 Å². The van der Waals surface area contributed by atoms with Gasteiger partial charge >= 0.3 is 0 Å². The summed E-state index contributed by atoms with van der Waals surface area (Å²) in [6.07, 6.45) is 1.84. The maximum Gasteiger partial charge on any atom is 0.258 e. The van der Waals surface area contributed by atoms with Gasteiger partial charge in [0.1, 0.15) is 21.7 Å². The van der Waals surface area contributed by atoms with Crippen LogP contribution in [0.1, 0.15) is 10.4 Å².